The molecule has 29 heavy (non-hydrogen) atoms. The van der Waals surface area contributed by atoms with E-state index in [1.165, 1.54) is 22.0 Å². The van der Waals surface area contributed by atoms with Gasteiger partial charge in [0.15, 0.2) is 15.5 Å². The van der Waals surface area contributed by atoms with E-state index < -0.39 is 0 Å². The summed E-state index contributed by atoms with van der Waals surface area (Å²) >= 11 is 6.74. The zero-order valence-electron chi connectivity index (χ0n) is 15.6. The Morgan fingerprint density at radius 2 is 1.90 bits per heavy atom. The van der Waals surface area contributed by atoms with Gasteiger partial charge in [-0.1, -0.05) is 17.7 Å². The Morgan fingerprint density at radius 3 is 2.66 bits per heavy atom. The number of hydrogen-bond acceptors (Lipinski definition) is 6. The monoisotopic (exact) mass is 426 g/mol. The minimum absolute atomic E-state index is 0.160. The molecule has 0 fully saturated rings. The lowest BCUT2D eigenvalue weighted by molar-refractivity contribution is -0.116. The van der Waals surface area contributed by atoms with Crippen molar-refractivity contribution >= 4 is 35.1 Å². The van der Waals surface area contributed by atoms with Gasteiger partial charge in [-0.3, -0.25) is 14.2 Å². The average Bonchev–Trinajstić information content (AvgIpc) is 3.17. The van der Waals surface area contributed by atoms with Crippen LogP contribution in [0.15, 0.2) is 53.3 Å². The quantitative estimate of drug-likeness (QED) is 0.614. The first-order valence-electron chi connectivity index (χ1n) is 9.01. The molecule has 8 heteroatoms. The number of anilines is 1. The molecular formula is C21H18N2O4S2. The molecule has 0 unspecified atom stereocenters. The highest BCUT2D eigenvalue weighted by molar-refractivity contribution is 7.73. The average molecular weight is 427 g/mol. The van der Waals surface area contributed by atoms with E-state index in [-0.39, 0.29) is 31.2 Å². The number of carbonyl (C=O) groups excluding carboxylic acids is 1. The molecule has 2 aromatic carbocycles. The fourth-order valence-corrected chi connectivity index (χ4v) is 4.26. The minimum Gasteiger partial charge on any atom is -0.454 e. The van der Waals surface area contributed by atoms with Crippen molar-refractivity contribution in [2.24, 2.45) is 0 Å². The lowest BCUT2D eigenvalue weighted by Crippen LogP contribution is -2.22. The van der Waals surface area contributed by atoms with Crippen LogP contribution in [0.4, 0.5) is 5.69 Å². The molecule has 6 nitrogen and oxygen atoms in total. The molecule has 2 heterocycles. The molecule has 0 spiro atoms. The highest BCUT2D eigenvalue weighted by Crippen LogP contribution is 2.36. The zero-order chi connectivity index (χ0) is 20.4. The summed E-state index contributed by atoms with van der Waals surface area (Å²) in [4.78, 5) is 25.5. The number of benzene rings is 2. The molecule has 1 amide bonds. The summed E-state index contributed by atoms with van der Waals surface area (Å²) in [6, 6.07) is 14.6. The SMILES string of the molecule is Cc1ccc(NC(=O)CCn2c(=O)cc(-c3ccc4c(c3)OCO4)sc2=S)cc1. The number of nitrogens with one attached hydrogen (secondary N) is 1. The molecule has 1 aliphatic rings. The molecule has 1 N–H and O–H groups in total. The van der Waals surface area contributed by atoms with Gasteiger partial charge >= 0.3 is 0 Å². The lowest BCUT2D eigenvalue weighted by atomic mass is 10.2. The molecule has 0 aliphatic carbocycles. The van der Waals surface area contributed by atoms with Crippen molar-refractivity contribution in [1.29, 1.82) is 0 Å². The van der Waals surface area contributed by atoms with E-state index in [0.29, 0.717) is 15.5 Å². The predicted molar refractivity (Wildman–Crippen MR) is 115 cm³/mol. The molecular weight excluding hydrogens is 408 g/mol. The molecule has 3 aromatic rings. The van der Waals surface area contributed by atoms with Crippen molar-refractivity contribution in [3.63, 3.8) is 0 Å². The number of amides is 1. The number of hydrogen-bond donors (Lipinski definition) is 1. The Bertz CT molecular complexity index is 1150. The van der Waals surface area contributed by atoms with E-state index in [2.05, 4.69) is 5.32 Å². The van der Waals surface area contributed by atoms with Crippen LogP contribution in [0, 0.1) is 10.9 Å². The number of ether oxygens (including phenoxy) is 2. The van der Waals surface area contributed by atoms with Gasteiger partial charge in [-0.2, -0.15) is 0 Å². The molecule has 0 saturated carbocycles. The van der Waals surface area contributed by atoms with Crippen molar-refractivity contribution in [2.75, 3.05) is 12.1 Å². The smallest absolute Gasteiger partial charge is 0.253 e. The summed E-state index contributed by atoms with van der Waals surface area (Å²) in [7, 11) is 0. The molecule has 4 rings (SSSR count). The maximum atomic E-state index is 12.6. The van der Waals surface area contributed by atoms with Gasteiger partial charge in [0.25, 0.3) is 5.56 Å². The number of nitrogens with zero attached hydrogens (tertiary/aromatic N) is 1. The largest absolute Gasteiger partial charge is 0.454 e. The predicted octanol–water partition coefficient (Wildman–Crippen LogP) is 4.37. The Morgan fingerprint density at radius 1 is 1.14 bits per heavy atom. The Kier molecular flexibility index (Phi) is 5.46. The van der Waals surface area contributed by atoms with Crippen LogP contribution in [0.1, 0.15) is 12.0 Å². The summed E-state index contributed by atoms with van der Waals surface area (Å²) in [5.74, 6) is 1.17. The molecule has 0 bridgehead atoms. The normalized spacial score (nSPS) is 12.0. The topological polar surface area (TPSA) is 69.6 Å². The molecule has 148 valence electrons. The Labute approximate surface area is 176 Å². The molecule has 0 saturated heterocycles. The van der Waals surface area contributed by atoms with Gasteiger partial charge in [0.1, 0.15) is 0 Å². The van der Waals surface area contributed by atoms with Crippen LogP contribution in [0.25, 0.3) is 10.4 Å². The summed E-state index contributed by atoms with van der Waals surface area (Å²) in [6.45, 7) is 2.41. The summed E-state index contributed by atoms with van der Waals surface area (Å²) in [5.41, 5.74) is 2.46. The summed E-state index contributed by atoms with van der Waals surface area (Å²) < 4.78 is 12.6. The first kappa shape index (κ1) is 19.4. The van der Waals surface area contributed by atoms with Crippen molar-refractivity contribution < 1.29 is 14.3 Å². The Hall–Kier alpha value is -2.97. The third kappa shape index (κ3) is 4.38. The number of carbonyl (C=O) groups is 1. The number of rotatable bonds is 5. The van der Waals surface area contributed by atoms with Gasteiger partial charge in [-0.05, 0) is 55.0 Å². The second-order valence-corrected chi connectivity index (χ2v) is 8.27. The third-order valence-corrected chi connectivity index (χ3v) is 5.93. The van der Waals surface area contributed by atoms with Crippen LogP contribution in [-0.4, -0.2) is 17.3 Å². The van der Waals surface area contributed by atoms with Crippen LogP contribution in [0.3, 0.4) is 0 Å². The maximum absolute atomic E-state index is 12.6. The minimum atomic E-state index is -0.232. The van der Waals surface area contributed by atoms with E-state index in [4.69, 9.17) is 21.7 Å². The second kappa shape index (κ2) is 8.18. The Balaban J connectivity index is 1.47. The van der Waals surface area contributed by atoms with Gasteiger partial charge < -0.3 is 14.8 Å². The van der Waals surface area contributed by atoms with E-state index in [1.807, 2.05) is 49.4 Å². The van der Waals surface area contributed by atoms with Gasteiger partial charge in [0, 0.05) is 29.6 Å². The summed E-state index contributed by atoms with van der Waals surface area (Å²) in [5, 5.41) is 2.83. The number of aryl methyl sites for hydroxylation is 1. The van der Waals surface area contributed by atoms with Crippen molar-refractivity contribution in [2.45, 2.75) is 19.9 Å². The molecule has 1 aliphatic heterocycles. The van der Waals surface area contributed by atoms with Crippen molar-refractivity contribution in [3.8, 4) is 21.9 Å². The number of fused-ring (bicyclic) bond motifs is 1. The first-order valence-corrected chi connectivity index (χ1v) is 10.2. The van der Waals surface area contributed by atoms with E-state index in [1.54, 1.807) is 0 Å². The molecule has 1 aromatic heterocycles. The maximum Gasteiger partial charge on any atom is 0.253 e. The lowest BCUT2D eigenvalue weighted by Gasteiger charge is -2.09. The van der Waals surface area contributed by atoms with Crippen molar-refractivity contribution in [3.05, 3.63) is 68.4 Å². The number of aromatic nitrogens is 1. The second-order valence-electron chi connectivity index (χ2n) is 6.60. The third-order valence-electron chi connectivity index (χ3n) is 4.49. The van der Waals surface area contributed by atoms with Gasteiger partial charge in [-0.25, -0.2) is 0 Å². The van der Waals surface area contributed by atoms with Crippen LogP contribution >= 0.6 is 23.6 Å². The van der Waals surface area contributed by atoms with Crippen LogP contribution < -0.4 is 20.3 Å². The van der Waals surface area contributed by atoms with E-state index >= 15 is 0 Å². The van der Waals surface area contributed by atoms with Gasteiger partial charge in [0.05, 0.1) is 0 Å². The first-order chi connectivity index (χ1) is 14.0. The fourth-order valence-electron chi connectivity index (χ4n) is 2.93. The zero-order valence-corrected chi connectivity index (χ0v) is 17.3. The fraction of sp³-hybridized carbons (Fsp3) is 0.190. The molecule has 0 atom stereocenters. The van der Waals surface area contributed by atoms with Crippen LogP contribution in [-0.2, 0) is 11.3 Å². The highest BCUT2D eigenvalue weighted by Gasteiger charge is 2.15. The highest BCUT2D eigenvalue weighted by atomic mass is 32.1. The van der Waals surface area contributed by atoms with Crippen LogP contribution in [0.2, 0.25) is 0 Å². The van der Waals surface area contributed by atoms with Crippen LogP contribution in [0.5, 0.6) is 11.5 Å². The van der Waals surface area contributed by atoms with Gasteiger partial charge in [0.2, 0.25) is 12.7 Å². The molecule has 0 radical (unpaired) electrons. The standard InChI is InChI=1S/C21H18N2O4S2/c1-13-2-5-15(6-3-13)22-19(24)8-9-23-20(25)11-18(29-21(23)28)14-4-7-16-17(10-14)27-12-26-16/h2-7,10-11H,8-9,12H2,1H3,(H,22,24). The van der Waals surface area contributed by atoms with E-state index in [9.17, 15) is 9.59 Å². The summed E-state index contributed by atoms with van der Waals surface area (Å²) in [6.07, 6.45) is 0.160. The van der Waals surface area contributed by atoms with Gasteiger partial charge in [-0.15, -0.1) is 11.3 Å². The van der Waals surface area contributed by atoms with E-state index in [0.717, 1.165) is 21.7 Å². The van der Waals surface area contributed by atoms with Crippen molar-refractivity contribution in [1.82, 2.24) is 4.57 Å².